The molecule has 2 aliphatic rings. The van der Waals surface area contributed by atoms with Crippen molar-refractivity contribution in [2.75, 3.05) is 47.0 Å². The second-order valence-corrected chi connectivity index (χ2v) is 12.1. The molecule has 0 unspecified atom stereocenters. The van der Waals surface area contributed by atoms with E-state index in [2.05, 4.69) is 5.32 Å². The van der Waals surface area contributed by atoms with Crippen LogP contribution in [0.4, 0.5) is 0 Å². The first-order valence-corrected chi connectivity index (χ1v) is 16.7. The number of ether oxygens (including phenoxy) is 4. The van der Waals surface area contributed by atoms with Gasteiger partial charge in [0.05, 0.1) is 26.2 Å². The fourth-order valence-corrected chi connectivity index (χ4v) is 5.98. The number of amides is 3. The maximum Gasteiger partial charge on any atom is 0.344 e. The molecule has 0 spiro atoms. The highest BCUT2D eigenvalue weighted by atomic mass is 16.6. The van der Waals surface area contributed by atoms with Crippen molar-refractivity contribution in [3.8, 4) is 5.75 Å². The van der Waals surface area contributed by atoms with E-state index < -0.39 is 60.7 Å². The molecule has 2 heterocycles. The lowest BCUT2D eigenvalue weighted by atomic mass is 10.0. The Bertz CT molecular complexity index is 1840. The standard InChI is InChI=1S/C38H40N4O10/c1-49-27-13-9-25(10-14-27)21-30(40-35(45)26-11-7-24(8-12-26)15-17-39)36(46)42-19-18-41(37(47)31(42)22-33(43)50-2)23-34(44)51-20-16-32-28-5-3-4-6-29(28)38(48)52-32/h3-14,16,30-31H,15,17-23,39H2,1-2H3,(H,40,45)/t30-,31-/m0/s1. The summed E-state index contributed by atoms with van der Waals surface area (Å²) in [5, 5.41) is 2.82. The van der Waals surface area contributed by atoms with Crippen LogP contribution in [0.2, 0.25) is 0 Å². The van der Waals surface area contributed by atoms with Crippen molar-refractivity contribution in [3.63, 3.8) is 0 Å². The largest absolute Gasteiger partial charge is 0.497 e. The molecule has 272 valence electrons. The zero-order valence-corrected chi connectivity index (χ0v) is 28.9. The number of hydrogen-bond acceptors (Lipinski definition) is 11. The topological polar surface area (TPSA) is 184 Å². The van der Waals surface area contributed by atoms with Crippen molar-refractivity contribution in [1.82, 2.24) is 15.1 Å². The maximum atomic E-state index is 14.3. The normalized spacial score (nSPS) is 16.5. The van der Waals surface area contributed by atoms with Crippen molar-refractivity contribution in [2.24, 2.45) is 5.73 Å². The summed E-state index contributed by atoms with van der Waals surface area (Å²) in [4.78, 5) is 81.4. The molecule has 3 aromatic carbocycles. The van der Waals surface area contributed by atoms with Gasteiger partial charge in [-0.25, -0.2) is 4.79 Å². The number of esters is 3. The molecule has 52 heavy (non-hydrogen) atoms. The van der Waals surface area contributed by atoms with Gasteiger partial charge in [0.15, 0.2) is 0 Å². The average Bonchev–Trinajstić information content (AvgIpc) is 3.48. The molecule has 3 amide bonds. The van der Waals surface area contributed by atoms with Gasteiger partial charge in [-0.3, -0.25) is 24.0 Å². The van der Waals surface area contributed by atoms with Crippen molar-refractivity contribution in [3.05, 3.63) is 107 Å². The minimum absolute atomic E-state index is 0.0426. The van der Waals surface area contributed by atoms with Gasteiger partial charge in [0.25, 0.3) is 5.91 Å². The first kappa shape index (κ1) is 37.2. The fourth-order valence-electron chi connectivity index (χ4n) is 5.98. The highest BCUT2D eigenvalue weighted by Gasteiger charge is 2.42. The summed E-state index contributed by atoms with van der Waals surface area (Å²) in [5.74, 6) is -2.89. The zero-order chi connectivity index (χ0) is 37.2. The molecule has 0 saturated carbocycles. The summed E-state index contributed by atoms with van der Waals surface area (Å²) < 4.78 is 20.6. The van der Waals surface area contributed by atoms with E-state index >= 15 is 0 Å². The Morgan fingerprint density at radius 3 is 2.29 bits per heavy atom. The molecular weight excluding hydrogens is 672 g/mol. The number of piperazine rings is 1. The number of methoxy groups -OCH3 is 2. The number of nitrogens with zero attached hydrogens (tertiary/aromatic N) is 2. The van der Waals surface area contributed by atoms with Crippen LogP contribution in [0, 0.1) is 0 Å². The maximum absolute atomic E-state index is 14.3. The average molecular weight is 713 g/mol. The Labute approximate surface area is 300 Å². The SMILES string of the molecule is COC(=O)C[C@H]1C(=O)N(CC(=O)OCC=C2OC(=O)c3ccccc32)CCN1C(=O)[C@H](Cc1ccc(OC)cc1)NC(=O)c1ccc(CCN)cc1. The van der Waals surface area contributed by atoms with Gasteiger partial charge in [-0.2, -0.15) is 0 Å². The van der Waals surface area contributed by atoms with Gasteiger partial charge >= 0.3 is 17.9 Å². The van der Waals surface area contributed by atoms with Gasteiger partial charge in [0.2, 0.25) is 11.8 Å². The van der Waals surface area contributed by atoms with Crippen molar-refractivity contribution >= 4 is 41.4 Å². The van der Waals surface area contributed by atoms with E-state index in [1.807, 2.05) is 0 Å². The molecule has 14 heteroatoms. The van der Waals surface area contributed by atoms with E-state index in [0.29, 0.717) is 41.0 Å². The smallest absolute Gasteiger partial charge is 0.344 e. The van der Waals surface area contributed by atoms with Crippen LogP contribution in [-0.2, 0) is 46.2 Å². The second-order valence-electron chi connectivity index (χ2n) is 12.1. The molecule has 0 aromatic heterocycles. The number of nitrogens with one attached hydrogen (secondary N) is 1. The summed E-state index contributed by atoms with van der Waals surface area (Å²) in [6, 6.07) is 18.2. The molecule has 2 aliphatic heterocycles. The van der Waals surface area contributed by atoms with E-state index in [1.165, 1.54) is 23.0 Å². The second kappa shape index (κ2) is 17.3. The van der Waals surface area contributed by atoms with Crippen molar-refractivity contribution < 1.29 is 47.7 Å². The van der Waals surface area contributed by atoms with Crippen LogP contribution in [-0.4, -0.2) is 105 Å². The quantitative estimate of drug-likeness (QED) is 0.184. The Hall–Kier alpha value is -6.02. The zero-order valence-electron chi connectivity index (χ0n) is 28.9. The summed E-state index contributed by atoms with van der Waals surface area (Å²) in [5.41, 5.74) is 8.61. The van der Waals surface area contributed by atoms with E-state index in [0.717, 1.165) is 12.7 Å². The Kier molecular flexibility index (Phi) is 12.4. The molecule has 1 fully saturated rings. The third-order valence-electron chi connectivity index (χ3n) is 8.75. The van der Waals surface area contributed by atoms with E-state index in [9.17, 15) is 28.8 Å². The lowest BCUT2D eigenvalue weighted by molar-refractivity contribution is -0.160. The number of carbonyl (C=O) groups is 6. The highest BCUT2D eigenvalue weighted by molar-refractivity contribution is 6.03. The van der Waals surface area contributed by atoms with Gasteiger partial charge in [-0.15, -0.1) is 0 Å². The minimum Gasteiger partial charge on any atom is -0.497 e. The molecule has 2 atom stereocenters. The van der Waals surface area contributed by atoms with Crippen LogP contribution in [0.15, 0.2) is 78.9 Å². The monoisotopic (exact) mass is 712 g/mol. The van der Waals surface area contributed by atoms with Crippen molar-refractivity contribution in [1.29, 1.82) is 0 Å². The van der Waals surface area contributed by atoms with Crippen LogP contribution in [0.25, 0.3) is 5.76 Å². The van der Waals surface area contributed by atoms with Gasteiger partial charge in [0, 0.05) is 30.6 Å². The first-order chi connectivity index (χ1) is 25.1. The summed E-state index contributed by atoms with van der Waals surface area (Å²) in [6.07, 6.45) is 1.69. The third-order valence-corrected chi connectivity index (χ3v) is 8.75. The lowest BCUT2D eigenvalue weighted by Crippen LogP contribution is -2.63. The molecule has 3 N–H and O–H groups in total. The molecular formula is C38H40N4O10. The number of nitrogens with two attached hydrogens (primary N) is 1. The fraction of sp³-hybridized carbons (Fsp3) is 0.316. The van der Waals surface area contributed by atoms with Crippen LogP contribution in [0.1, 0.15) is 43.8 Å². The number of rotatable bonds is 14. The molecule has 1 saturated heterocycles. The highest BCUT2D eigenvalue weighted by Crippen LogP contribution is 2.29. The number of cyclic esters (lactones) is 1. The van der Waals surface area contributed by atoms with E-state index in [1.54, 1.807) is 72.8 Å². The van der Waals surface area contributed by atoms with Gasteiger partial charge in [-0.1, -0.05) is 42.5 Å². The molecule has 0 radical (unpaired) electrons. The van der Waals surface area contributed by atoms with Crippen molar-refractivity contribution in [2.45, 2.75) is 31.3 Å². The Morgan fingerprint density at radius 1 is 0.923 bits per heavy atom. The number of benzene rings is 3. The summed E-state index contributed by atoms with van der Waals surface area (Å²) in [6.45, 7) is -0.314. The number of fused-ring (bicyclic) bond motifs is 1. The first-order valence-electron chi connectivity index (χ1n) is 16.7. The van der Waals surface area contributed by atoms with E-state index in [-0.39, 0.29) is 31.9 Å². The predicted octanol–water partition coefficient (Wildman–Crippen LogP) is 1.89. The lowest BCUT2D eigenvalue weighted by Gasteiger charge is -2.41. The molecule has 14 nitrogen and oxygen atoms in total. The summed E-state index contributed by atoms with van der Waals surface area (Å²) in [7, 11) is 2.69. The van der Waals surface area contributed by atoms with Crippen LogP contribution in [0.5, 0.6) is 5.75 Å². The van der Waals surface area contributed by atoms with Gasteiger partial charge in [-0.05, 0) is 60.5 Å². The van der Waals surface area contributed by atoms with Crippen LogP contribution < -0.4 is 15.8 Å². The van der Waals surface area contributed by atoms with Gasteiger partial charge < -0.3 is 39.8 Å². The number of hydrogen-bond donors (Lipinski definition) is 2. The van der Waals surface area contributed by atoms with Crippen LogP contribution >= 0.6 is 0 Å². The van der Waals surface area contributed by atoms with E-state index in [4.69, 9.17) is 24.7 Å². The minimum atomic E-state index is -1.32. The Balaban J connectivity index is 1.30. The molecule has 3 aromatic rings. The molecule has 5 rings (SSSR count). The molecule has 0 bridgehead atoms. The molecule has 0 aliphatic carbocycles. The summed E-state index contributed by atoms with van der Waals surface area (Å²) >= 11 is 0. The van der Waals surface area contributed by atoms with Gasteiger partial charge in [0.1, 0.15) is 36.7 Å². The Morgan fingerprint density at radius 2 is 1.62 bits per heavy atom. The third kappa shape index (κ3) is 9.01. The predicted molar refractivity (Wildman–Crippen MR) is 187 cm³/mol. The number of carbonyl (C=O) groups excluding carboxylic acids is 6. The van der Waals surface area contributed by atoms with Crippen LogP contribution in [0.3, 0.4) is 0 Å².